The molecular formula is C18H21NO4. The summed E-state index contributed by atoms with van der Waals surface area (Å²) in [6, 6.07) is 9.44. The zero-order valence-electron chi connectivity index (χ0n) is 13.5. The lowest BCUT2D eigenvalue weighted by molar-refractivity contribution is -0.131. The molecular weight excluding hydrogens is 294 g/mol. The fraction of sp³-hybridized carbons (Fsp3) is 0.389. The highest BCUT2D eigenvalue weighted by Gasteiger charge is 2.31. The summed E-state index contributed by atoms with van der Waals surface area (Å²) in [4.78, 5) is 14.6. The van der Waals surface area contributed by atoms with Gasteiger partial charge in [-0.05, 0) is 42.7 Å². The molecule has 2 aromatic rings. The highest BCUT2D eigenvalue weighted by molar-refractivity contribution is 5.79. The van der Waals surface area contributed by atoms with Crippen LogP contribution in [0.4, 0.5) is 0 Å². The van der Waals surface area contributed by atoms with E-state index in [9.17, 15) is 4.79 Å². The van der Waals surface area contributed by atoms with Crippen molar-refractivity contribution >= 4 is 5.91 Å². The molecule has 23 heavy (non-hydrogen) atoms. The fourth-order valence-corrected chi connectivity index (χ4v) is 3.11. The topological polar surface area (TPSA) is 51.9 Å². The summed E-state index contributed by atoms with van der Waals surface area (Å²) in [6.45, 7) is 0.775. The van der Waals surface area contributed by atoms with Crippen molar-refractivity contribution in [1.82, 2.24) is 4.90 Å². The molecule has 3 rings (SSSR count). The number of rotatable bonds is 5. The molecule has 1 saturated heterocycles. The van der Waals surface area contributed by atoms with Crippen LogP contribution in [0.15, 0.2) is 41.0 Å². The van der Waals surface area contributed by atoms with Crippen LogP contribution < -0.4 is 9.47 Å². The van der Waals surface area contributed by atoms with Crippen LogP contribution in [0.3, 0.4) is 0 Å². The maximum absolute atomic E-state index is 12.7. The van der Waals surface area contributed by atoms with E-state index in [0.29, 0.717) is 17.9 Å². The first kappa shape index (κ1) is 15.5. The summed E-state index contributed by atoms with van der Waals surface area (Å²) < 4.78 is 16.0. The van der Waals surface area contributed by atoms with E-state index in [1.165, 1.54) is 0 Å². The summed E-state index contributed by atoms with van der Waals surface area (Å²) in [5.41, 5.74) is 0.915. The van der Waals surface area contributed by atoms with Gasteiger partial charge in [0.2, 0.25) is 5.91 Å². The van der Waals surface area contributed by atoms with Gasteiger partial charge in [0, 0.05) is 6.54 Å². The highest BCUT2D eigenvalue weighted by Crippen LogP contribution is 2.33. The molecule has 122 valence electrons. The van der Waals surface area contributed by atoms with Gasteiger partial charge in [0.1, 0.15) is 5.76 Å². The highest BCUT2D eigenvalue weighted by atomic mass is 16.5. The van der Waals surface area contributed by atoms with Gasteiger partial charge in [0.15, 0.2) is 11.5 Å². The third kappa shape index (κ3) is 3.18. The Kier molecular flexibility index (Phi) is 4.55. The average Bonchev–Trinajstić information content (AvgIpc) is 3.25. The first-order chi connectivity index (χ1) is 11.2. The maximum atomic E-state index is 12.7. The lowest BCUT2D eigenvalue weighted by Gasteiger charge is -2.23. The molecule has 5 nitrogen and oxygen atoms in total. The zero-order chi connectivity index (χ0) is 16.2. The van der Waals surface area contributed by atoms with Gasteiger partial charge in [-0.25, -0.2) is 0 Å². The molecule has 0 aliphatic carbocycles. The van der Waals surface area contributed by atoms with Crippen LogP contribution in [0.1, 0.15) is 30.2 Å². The minimum Gasteiger partial charge on any atom is -0.493 e. The largest absolute Gasteiger partial charge is 0.493 e. The number of carbonyl (C=O) groups excluding carboxylic acids is 1. The third-order valence-corrected chi connectivity index (χ3v) is 4.25. The first-order valence-corrected chi connectivity index (χ1v) is 7.76. The first-order valence-electron chi connectivity index (χ1n) is 7.76. The lowest BCUT2D eigenvalue weighted by Crippen LogP contribution is -2.31. The molecule has 0 radical (unpaired) electrons. The van der Waals surface area contributed by atoms with E-state index in [2.05, 4.69) is 0 Å². The fourth-order valence-electron chi connectivity index (χ4n) is 3.11. The maximum Gasteiger partial charge on any atom is 0.227 e. The number of furan rings is 1. The van der Waals surface area contributed by atoms with E-state index in [4.69, 9.17) is 13.9 Å². The SMILES string of the molecule is COc1ccc(CC(=O)N2CCCC2c2ccco2)cc1OC. The minimum absolute atomic E-state index is 0.0534. The smallest absolute Gasteiger partial charge is 0.227 e. The summed E-state index contributed by atoms with van der Waals surface area (Å²) >= 11 is 0. The Morgan fingerprint density at radius 2 is 2.09 bits per heavy atom. The number of amides is 1. The predicted octanol–water partition coefficient (Wildman–Crippen LogP) is 3.20. The molecule has 1 aliphatic heterocycles. The van der Waals surface area contributed by atoms with Crippen molar-refractivity contribution in [3.8, 4) is 11.5 Å². The van der Waals surface area contributed by atoms with Crippen molar-refractivity contribution in [3.63, 3.8) is 0 Å². The standard InChI is InChI=1S/C18H21NO4/c1-21-16-8-7-13(11-17(16)22-2)12-18(20)19-9-3-5-14(19)15-6-4-10-23-15/h4,6-8,10-11,14H,3,5,9,12H2,1-2H3. The quantitative estimate of drug-likeness (QED) is 0.850. The van der Waals surface area contributed by atoms with E-state index >= 15 is 0 Å². The molecule has 1 aliphatic rings. The molecule has 1 amide bonds. The number of hydrogen-bond acceptors (Lipinski definition) is 4. The van der Waals surface area contributed by atoms with Crippen LogP contribution in [-0.2, 0) is 11.2 Å². The molecule has 0 bridgehead atoms. The number of methoxy groups -OCH3 is 2. The van der Waals surface area contributed by atoms with Crippen molar-refractivity contribution < 1.29 is 18.7 Å². The zero-order valence-corrected chi connectivity index (χ0v) is 13.5. The van der Waals surface area contributed by atoms with Crippen molar-refractivity contribution in [2.75, 3.05) is 20.8 Å². The van der Waals surface area contributed by atoms with Crippen molar-refractivity contribution in [2.24, 2.45) is 0 Å². The van der Waals surface area contributed by atoms with Crippen LogP contribution in [0.5, 0.6) is 11.5 Å². The number of carbonyl (C=O) groups is 1. The average molecular weight is 315 g/mol. The van der Waals surface area contributed by atoms with Gasteiger partial charge in [-0.15, -0.1) is 0 Å². The lowest BCUT2D eigenvalue weighted by atomic mass is 10.1. The molecule has 0 saturated carbocycles. The van der Waals surface area contributed by atoms with E-state index in [1.54, 1.807) is 20.5 Å². The molecule has 1 unspecified atom stereocenters. The number of hydrogen-bond donors (Lipinski definition) is 0. The van der Waals surface area contributed by atoms with Crippen LogP contribution in [-0.4, -0.2) is 31.6 Å². The summed E-state index contributed by atoms with van der Waals surface area (Å²) in [7, 11) is 3.19. The number of nitrogens with zero attached hydrogens (tertiary/aromatic N) is 1. The number of benzene rings is 1. The van der Waals surface area contributed by atoms with Crippen molar-refractivity contribution in [3.05, 3.63) is 47.9 Å². The van der Waals surface area contributed by atoms with Gasteiger partial charge in [0.25, 0.3) is 0 Å². The summed E-state index contributed by atoms with van der Waals surface area (Å²) in [5, 5.41) is 0. The Morgan fingerprint density at radius 3 is 2.78 bits per heavy atom. The summed E-state index contributed by atoms with van der Waals surface area (Å²) in [5.74, 6) is 2.28. The molecule has 1 aromatic carbocycles. The van der Waals surface area contributed by atoms with Gasteiger partial charge < -0.3 is 18.8 Å². The Balaban J connectivity index is 1.74. The Morgan fingerprint density at radius 1 is 1.26 bits per heavy atom. The predicted molar refractivity (Wildman–Crippen MR) is 85.6 cm³/mol. The second kappa shape index (κ2) is 6.77. The van der Waals surface area contributed by atoms with Gasteiger partial charge >= 0.3 is 0 Å². The van der Waals surface area contributed by atoms with Crippen molar-refractivity contribution in [1.29, 1.82) is 0 Å². The van der Waals surface area contributed by atoms with Gasteiger partial charge in [-0.2, -0.15) is 0 Å². The Hall–Kier alpha value is -2.43. The van der Waals surface area contributed by atoms with E-state index in [0.717, 1.165) is 30.7 Å². The molecule has 0 N–H and O–H groups in total. The second-order valence-electron chi connectivity index (χ2n) is 5.63. The van der Waals surface area contributed by atoms with Crippen LogP contribution in [0, 0.1) is 0 Å². The van der Waals surface area contributed by atoms with Crippen molar-refractivity contribution in [2.45, 2.75) is 25.3 Å². The molecule has 2 heterocycles. The van der Waals surface area contributed by atoms with E-state index in [-0.39, 0.29) is 11.9 Å². The molecule has 1 atom stereocenters. The van der Waals surface area contributed by atoms with Crippen LogP contribution in [0.2, 0.25) is 0 Å². The van der Waals surface area contributed by atoms with Crippen LogP contribution >= 0.6 is 0 Å². The second-order valence-corrected chi connectivity index (χ2v) is 5.63. The number of ether oxygens (including phenoxy) is 2. The molecule has 5 heteroatoms. The molecule has 1 aromatic heterocycles. The van der Waals surface area contributed by atoms with E-state index < -0.39 is 0 Å². The monoisotopic (exact) mass is 315 g/mol. The van der Waals surface area contributed by atoms with Gasteiger partial charge in [-0.3, -0.25) is 4.79 Å². The molecule has 1 fully saturated rings. The molecule has 0 spiro atoms. The minimum atomic E-state index is 0.0534. The number of likely N-dealkylation sites (tertiary alicyclic amines) is 1. The summed E-state index contributed by atoms with van der Waals surface area (Å²) in [6.07, 6.45) is 3.95. The van der Waals surface area contributed by atoms with Gasteiger partial charge in [-0.1, -0.05) is 6.07 Å². The normalized spacial score (nSPS) is 17.3. The Bertz CT molecular complexity index is 666. The third-order valence-electron chi connectivity index (χ3n) is 4.25. The van der Waals surface area contributed by atoms with Crippen LogP contribution in [0.25, 0.3) is 0 Å². The van der Waals surface area contributed by atoms with Gasteiger partial charge in [0.05, 0.1) is 32.9 Å². The van der Waals surface area contributed by atoms with E-state index in [1.807, 2.05) is 35.2 Å². The Labute approximate surface area is 135 Å².